The molecular formula is C11H24ClNO2. The van der Waals surface area contributed by atoms with Crippen LogP contribution in [0.5, 0.6) is 0 Å². The first-order valence-corrected chi connectivity index (χ1v) is 5.37. The lowest BCUT2D eigenvalue weighted by atomic mass is 10.0. The molecule has 4 heteroatoms. The Kier molecular flexibility index (Phi) is 9.07. The zero-order valence-corrected chi connectivity index (χ0v) is 11.0. The van der Waals surface area contributed by atoms with Crippen molar-refractivity contribution in [3.63, 3.8) is 0 Å². The molecule has 0 fully saturated rings. The van der Waals surface area contributed by atoms with E-state index in [2.05, 4.69) is 13.8 Å². The van der Waals surface area contributed by atoms with Crippen molar-refractivity contribution >= 4 is 18.4 Å². The summed E-state index contributed by atoms with van der Waals surface area (Å²) in [6, 6.07) is 0. The quantitative estimate of drug-likeness (QED) is 0.723. The summed E-state index contributed by atoms with van der Waals surface area (Å²) >= 11 is 0. The number of nitrogens with two attached hydrogens (primary N) is 1. The van der Waals surface area contributed by atoms with Gasteiger partial charge in [-0.3, -0.25) is 4.79 Å². The van der Waals surface area contributed by atoms with Crippen LogP contribution in [0.25, 0.3) is 0 Å². The van der Waals surface area contributed by atoms with Gasteiger partial charge in [0.2, 0.25) is 0 Å². The standard InChI is InChI=1S/C11H23NO2.ClH/c1-5-9(6-2)7-8-14-10(13)11(3,4)12;/h9H,5-8,12H2,1-4H3;1H. The Morgan fingerprint density at radius 1 is 1.33 bits per heavy atom. The molecule has 92 valence electrons. The first-order valence-electron chi connectivity index (χ1n) is 5.37. The van der Waals surface area contributed by atoms with E-state index in [9.17, 15) is 4.79 Å². The zero-order valence-electron chi connectivity index (χ0n) is 10.2. The number of halogens is 1. The molecule has 0 aromatic heterocycles. The van der Waals surface area contributed by atoms with Crippen molar-refractivity contribution in [2.24, 2.45) is 11.7 Å². The zero-order chi connectivity index (χ0) is 11.2. The molecule has 0 aromatic carbocycles. The second-order valence-electron chi connectivity index (χ2n) is 4.33. The summed E-state index contributed by atoms with van der Waals surface area (Å²) in [5, 5.41) is 0. The maximum atomic E-state index is 11.3. The lowest BCUT2D eigenvalue weighted by molar-refractivity contribution is -0.149. The predicted octanol–water partition coefficient (Wildman–Crippen LogP) is 2.52. The predicted molar refractivity (Wildman–Crippen MR) is 65.2 cm³/mol. The Balaban J connectivity index is 0. The summed E-state index contributed by atoms with van der Waals surface area (Å²) < 4.78 is 5.08. The van der Waals surface area contributed by atoms with Crippen LogP contribution in [0.2, 0.25) is 0 Å². The van der Waals surface area contributed by atoms with Gasteiger partial charge in [0.15, 0.2) is 0 Å². The van der Waals surface area contributed by atoms with Crippen molar-refractivity contribution in [3.05, 3.63) is 0 Å². The molecule has 0 saturated heterocycles. The number of hydrogen-bond donors (Lipinski definition) is 1. The fourth-order valence-corrected chi connectivity index (χ4v) is 1.20. The highest BCUT2D eigenvalue weighted by molar-refractivity contribution is 5.85. The van der Waals surface area contributed by atoms with Crippen LogP contribution in [0.3, 0.4) is 0 Å². The van der Waals surface area contributed by atoms with E-state index in [-0.39, 0.29) is 18.4 Å². The smallest absolute Gasteiger partial charge is 0.325 e. The lowest BCUT2D eigenvalue weighted by Crippen LogP contribution is -2.43. The molecular weight excluding hydrogens is 214 g/mol. The van der Waals surface area contributed by atoms with E-state index in [4.69, 9.17) is 10.5 Å². The van der Waals surface area contributed by atoms with Crippen molar-refractivity contribution in [2.75, 3.05) is 6.61 Å². The summed E-state index contributed by atoms with van der Waals surface area (Å²) in [7, 11) is 0. The number of ether oxygens (including phenoxy) is 1. The molecule has 0 unspecified atom stereocenters. The van der Waals surface area contributed by atoms with Gasteiger partial charge in [-0.15, -0.1) is 12.4 Å². The highest BCUT2D eigenvalue weighted by Gasteiger charge is 2.23. The number of esters is 1. The third-order valence-corrected chi connectivity index (χ3v) is 2.44. The highest BCUT2D eigenvalue weighted by Crippen LogP contribution is 2.12. The van der Waals surface area contributed by atoms with Gasteiger partial charge >= 0.3 is 5.97 Å². The van der Waals surface area contributed by atoms with Gasteiger partial charge in [0, 0.05) is 0 Å². The van der Waals surface area contributed by atoms with Crippen molar-refractivity contribution < 1.29 is 9.53 Å². The van der Waals surface area contributed by atoms with Crippen molar-refractivity contribution in [2.45, 2.75) is 52.5 Å². The summed E-state index contributed by atoms with van der Waals surface area (Å²) in [6.07, 6.45) is 3.22. The average molecular weight is 238 g/mol. The summed E-state index contributed by atoms with van der Waals surface area (Å²) in [6.45, 7) is 8.12. The highest BCUT2D eigenvalue weighted by atomic mass is 35.5. The molecule has 3 nitrogen and oxygen atoms in total. The van der Waals surface area contributed by atoms with E-state index < -0.39 is 5.54 Å². The summed E-state index contributed by atoms with van der Waals surface area (Å²) in [4.78, 5) is 11.3. The van der Waals surface area contributed by atoms with Crippen LogP contribution in [-0.4, -0.2) is 18.1 Å². The Morgan fingerprint density at radius 3 is 2.13 bits per heavy atom. The van der Waals surface area contributed by atoms with Crippen molar-refractivity contribution in [3.8, 4) is 0 Å². The number of rotatable bonds is 6. The molecule has 2 N–H and O–H groups in total. The Morgan fingerprint density at radius 2 is 1.80 bits per heavy atom. The molecule has 0 atom stereocenters. The molecule has 0 aromatic rings. The Hall–Kier alpha value is -0.280. The van der Waals surface area contributed by atoms with E-state index in [0.717, 1.165) is 19.3 Å². The largest absolute Gasteiger partial charge is 0.464 e. The van der Waals surface area contributed by atoms with Gasteiger partial charge in [-0.1, -0.05) is 26.7 Å². The molecule has 0 aliphatic rings. The topological polar surface area (TPSA) is 52.3 Å². The van der Waals surface area contributed by atoms with E-state index in [1.807, 2.05) is 0 Å². The maximum Gasteiger partial charge on any atom is 0.325 e. The molecule has 15 heavy (non-hydrogen) atoms. The van der Waals surface area contributed by atoms with Gasteiger partial charge in [0.25, 0.3) is 0 Å². The Bertz CT molecular complexity index is 174. The van der Waals surface area contributed by atoms with E-state index in [1.54, 1.807) is 13.8 Å². The third kappa shape index (κ3) is 7.63. The molecule has 0 spiro atoms. The van der Waals surface area contributed by atoms with Crippen LogP contribution in [-0.2, 0) is 9.53 Å². The number of carbonyl (C=O) groups is 1. The number of hydrogen-bond acceptors (Lipinski definition) is 3. The van der Waals surface area contributed by atoms with Crippen molar-refractivity contribution in [1.29, 1.82) is 0 Å². The molecule has 0 radical (unpaired) electrons. The molecule has 0 saturated carbocycles. The number of carbonyl (C=O) groups excluding carboxylic acids is 1. The van der Waals surface area contributed by atoms with Crippen LogP contribution in [0.1, 0.15) is 47.0 Å². The van der Waals surface area contributed by atoms with Crippen LogP contribution in [0.15, 0.2) is 0 Å². The van der Waals surface area contributed by atoms with E-state index in [0.29, 0.717) is 12.5 Å². The van der Waals surface area contributed by atoms with Gasteiger partial charge in [0.05, 0.1) is 6.61 Å². The minimum Gasteiger partial charge on any atom is -0.464 e. The fourth-order valence-electron chi connectivity index (χ4n) is 1.20. The van der Waals surface area contributed by atoms with Gasteiger partial charge in [0.1, 0.15) is 5.54 Å². The molecule has 0 aliphatic heterocycles. The molecule has 0 amide bonds. The first kappa shape index (κ1) is 17.1. The van der Waals surface area contributed by atoms with E-state index in [1.165, 1.54) is 0 Å². The average Bonchev–Trinajstić information content (AvgIpc) is 2.10. The van der Waals surface area contributed by atoms with Crippen LogP contribution in [0, 0.1) is 5.92 Å². The van der Waals surface area contributed by atoms with Gasteiger partial charge in [-0.25, -0.2) is 0 Å². The third-order valence-electron chi connectivity index (χ3n) is 2.44. The summed E-state index contributed by atoms with van der Waals surface area (Å²) in [5.74, 6) is 0.340. The second-order valence-corrected chi connectivity index (χ2v) is 4.33. The molecule has 0 aliphatic carbocycles. The molecule has 0 rings (SSSR count). The minimum atomic E-state index is -0.867. The fraction of sp³-hybridized carbons (Fsp3) is 0.909. The second kappa shape index (κ2) is 7.94. The summed E-state index contributed by atoms with van der Waals surface area (Å²) in [5.41, 5.74) is 4.72. The maximum absolute atomic E-state index is 11.3. The van der Waals surface area contributed by atoms with E-state index >= 15 is 0 Å². The Labute approximate surface area is 99.2 Å². The molecule has 0 heterocycles. The van der Waals surface area contributed by atoms with Crippen molar-refractivity contribution in [1.82, 2.24) is 0 Å². The van der Waals surface area contributed by atoms with Crippen LogP contribution < -0.4 is 5.73 Å². The SMILES string of the molecule is CCC(CC)CCOC(=O)C(C)(C)N.Cl. The van der Waals surface area contributed by atoms with Gasteiger partial charge in [-0.05, 0) is 26.2 Å². The van der Waals surface area contributed by atoms with Gasteiger partial charge < -0.3 is 10.5 Å². The lowest BCUT2D eigenvalue weighted by Gasteiger charge is -2.18. The van der Waals surface area contributed by atoms with Crippen LogP contribution in [0.4, 0.5) is 0 Å². The monoisotopic (exact) mass is 237 g/mol. The van der Waals surface area contributed by atoms with Crippen LogP contribution >= 0.6 is 12.4 Å². The molecule has 0 bridgehead atoms. The minimum absolute atomic E-state index is 0. The van der Waals surface area contributed by atoms with Gasteiger partial charge in [-0.2, -0.15) is 0 Å². The normalized spacial score (nSPS) is 11.1. The first-order chi connectivity index (χ1) is 6.41.